The lowest BCUT2D eigenvalue weighted by Crippen LogP contribution is -2.30. The molecular formula is C17H13ClN2O2. The van der Waals surface area contributed by atoms with Crippen LogP contribution in [0.4, 0.5) is 0 Å². The van der Waals surface area contributed by atoms with E-state index in [0.29, 0.717) is 12.1 Å². The molecule has 1 N–H and O–H groups in total. The van der Waals surface area contributed by atoms with Gasteiger partial charge in [-0.15, -0.1) is 0 Å². The number of pyridine rings is 1. The number of ketones is 2. The van der Waals surface area contributed by atoms with Gasteiger partial charge in [0.15, 0.2) is 0 Å². The van der Waals surface area contributed by atoms with Gasteiger partial charge in [-0.2, -0.15) is 0 Å². The van der Waals surface area contributed by atoms with E-state index in [2.05, 4.69) is 10.3 Å². The number of nitrogens with zero attached hydrogens (tertiary/aromatic N) is 1. The molecule has 0 aliphatic heterocycles. The van der Waals surface area contributed by atoms with Crippen LogP contribution in [0.25, 0.3) is 0 Å². The van der Waals surface area contributed by atoms with Crippen LogP contribution in [0.15, 0.2) is 59.4 Å². The molecule has 0 bridgehead atoms. The van der Waals surface area contributed by atoms with Crippen molar-refractivity contribution in [1.82, 2.24) is 10.3 Å². The Labute approximate surface area is 132 Å². The number of allylic oxidation sites excluding steroid dienone is 2. The number of halogens is 1. The predicted octanol–water partition coefficient (Wildman–Crippen LogP) is 2.74. The molecule has 110 valence electrons. The molecule has 2 aromatic rings. The van der Waals surface area contributed by atoms with Gasteiger partial charge in [0.1, 0.15) is 16.4 Å². The number of Topliss-reactive ketones (excluding diaryl/α,β-unsaturated/α-hetero) is 2. The van der Waals surface area contributed by atoms with E-state index >= 15 is 0 Å². The second-order valence-corrected chi connectivity index (χ2v) is 5.29. The molecule has 1 heterocycles. The van der Waals surface area contributed by atoms with Crippen molar-refractivity contribution in [2.45, 2.75) is 6.42 Å². The molecule has 0 amide bonds. The summed E-state index contributed by atoms with van der Waals surface area (Å²) < 4.78 is 0. The zero-order chi connectivity index (χ0) is 15.5. The number of fused-ring (bicyclic) bond motifs is 1. The van der Waals surface area contributed by atoms with Crippen molar-refractivity contribution in [3.8, 4) is 0 Å². The van der Waals surface area contributed by atoms with Gasteiger partial charge >= 0.3 is 0 Å². The summed E-state index contributed by atoms with van der Waals surface area (Å²) in [5, 5.41) is 2.90. The van der Waals surface area contributed by atoms with E-state index in [9.17, 15) is 9.59 Å². The Morgan fingerprint density at radius 1 is 1.00 bits per heavy atom. The summed E-state index contributed by atoms with van der Waals surface area (Å²) in [6.07, 6.45) is 2.21. The normalized spacial score (nSPS) is 14.0. The van der Waals surface area contributed by atoms with Crippen LogP contribution in [0.3, 0.4) is 0 Å². The molecule has 0 saturated heterocycles. The summed E-state index contributed by atoms with van der Waals surface area (Å²) in [5.41, 5.74) is 1.71. The molecule has 0 saturated carbocycles. The van der Waals surface area contributed by atoms with Crippen molar-refractivity contribution in [1.29, 1.82) is 0 Å². The maximum atomic E-state index is 12.4. The third kappa shape index (κ3) is 2.65. The zero-order valence-electron chi connectivity index (χ0n) is 11.7. The number of rotatable bonds is 4. The van der Waals surface area contributed by atoms with Gasteiger partial charge in [-0.3, -0.25) is 14.6 Å². The molecule has 4 nitrogen and oxygen atoms in total. The van der Waals surface area contributed by atoms with Gasteiger partial charge < -0.3 is 5.32 Å². The highest BCUT2D eigenvalue weighted by Crippen LogP contribution is 2.25. The second-order valence-electron chi connectivity index (χ2n) is 4.91. The van der Waals surface area contributed by atoms with Crippen LogP contribution in [0.2, 0.25) is 0 Å². The third-order valence-electron chi connectivity index (χ3n) is 3.47. The van der Waals surface area contributed by atoms with Gasteiger partial charge in [0.25, 0.3) is 0 Å². The van der Waals surface area contributed by atoms with E-state index in [1.54, 1.807) is 12.1 Å². The largest absolute Gasteiger partial charge is 0.380 e. The first-order valence-corrected chi connectivity index (χ1v) is 7.28. The Kier molecular flexibility index (Phi) is 4.02. The number of hydrogen-bond acceptors (Lipinski definition) is 4. The van der Waals surface area contributed by atoms with Gasteiger partial charge in [0, 0.05) is 12.7 Å². The van der Waals surface area contributed by atoms with Crippen molar-refractivity contribution >= 4 is 23.2 Å². The van der Waals surface area contributed by atoms with Crippen LogP contribution >= 0.6 is 11.6 Å². The fraction of sp³-hybridized carbons (Fsp3) is 0.118. The molecule has 22 heavy (non-hydrogen) atoms. The van der Waals surface area contributed by atoms with Crippen molar-refractivity contribution < 1.29 is 9.59 Å². The van der Waals surface area contributed by atoms with Crippen LogP contribution in [0.1, 0.15) is 26.4 Å². The molecule has 5 heteroatoms. The molecule has 1 aliphatic carbocycles. The molecule has 1 aromatic heterocycles. The van der Waals surface area contributed by atoms with Crippen LogP contribution in [-0.2, 0) is 6.42 Å². The first kappa shape index (κ1) is 14.5. The minimum atomic E-state index is -0.418. The number of carbonyl (C=O) groups excluding carboxylic acids is 2. The molecule has 0 fully saturated rings. The molecular weight excluding hydrogens is 300 g/mol. The van der Waals surface area contributed by atoms with Crippen LogP contribution < -0.4 is 5.32 Å². The first-order valence-electron chi connectivity index (χ1n) is 6.90. The summed E-state index contributed by atoms with van der Waals surface area (Å²) in [6.45, 7) is 0.518. The lowest BCUT2D eigenvalue weighted by atomic mass is 9.97. The summed E-state index contributed by atoms with van der Waals surface area (Å²) >= 11 is 6.04. The highest BCUT2D eigenvalue weighted by atomic mass is 35.5. The van der Waals surface area contributed by atoms with E-state index in [4.69, 9.17) is 11.6 Å². The highest BCUT2D eigenvalue weighted by molar-refractivity contribution is 6.49. The molecule has 3 rings (SSSR count). The minimum absolute atomic E-state index is 0.0933. The summed E-state index contributed by atoms with van der Waals surface area (Å²) in [6, 6.07) is 13.1. The summed E-state index contributed by atoms with van der Waals surface area (Å²) in [4.78, 5) is 28.5. The fourth-order valence-electron chi connectivity index (χ4n) is 2.36. The maximum Gasteiger partial charge on any atom is 0.225 e. The van der Waals surface area contributed by atoms with Gasteiger partial charge in [-0.25, -0.2) is 0 Å². The number of hydrogen-bond donors (Lipinski definition) is 1. The first-order chi connectivity index (χ1) is 10.7. The lowest BCUT2D eigenvalue weighted by molar-refractivity contribution is 0.0971. The highest BCUT2D eigenvalue weighted by Gasteiger charge is 2.32. The topological polar surface area (TPSA) is 59.1 Å². The van der Waals surface area contributed by atoms with Crippen molar-refractivity contribution in [3.05, 3.63) is 76.2 Å². The maximum absolute atomic E-state index is 12.4. The van der Waals surface area contributed by atoms with Gasteiger partial charge in [0.05, 0.1) is 5.56 Å². The Bertz CT molecular complexity index is 769. The predicted molar refractivity (Wildman–Crippen MR) is 83.9 cm³/mol. The van der Waals surface area contributed by atoms with Crippen molar-refractivity contribution in [2.24, 2.45) is 0 Å². The van der Waals surface area contributed by atoms with Crippen LogP contribution in [0, 0.1) is 0 Å². The zero-order valence-corrected chi connectivity index (χ0v) is 12.4. The molecule has 1 aromatic carbocycles. The number of aromatic nitrogens is 1. The van der Waals surface area contributed by atoms with E-state index in [0.717, 1.165) is 12.0 Å². The van der Waals surface area contributed by atoms with Crippen LogP contribution in [0.5, 0.6) is 0 Å². The number of benzene rings is 1. The summed E-state index contributed by atoms with van der Waals surface area (Å²) in [5.74, 6) is -0.708. The number of nitrogens with one attached hydrogen (secondary N) is 1. The second kappa shape index (κ2) is 6.12. The lowest BCUT2D eigenvalue weighted by Gasteiger charge is -2.18. The summed E-state index contributed by atoms with van der Waals surface area (Å²) in [7, 11) is 0. The van der Waals surface area contributed by atoms with Gasteiger partial charge in [-0.05, 0) is 24.1 Å². The minimum Gasteiger partial charge on any atom is -0.380 e. The van der Waals surface area contributed by atoms with E-state index < -0.39 is 5.78 Å². The average Bonchev–Trinajstić information content (AvgIpc) is 2.57. The average molecular weight is 313 g/mol. The number of carbonyl (C=O) groups is 2. The third-order valence-corrected chi connectivity index (χ3v) is 3.83. The van der Waals surface area contributed by atoms with E-state index in [1.165, 1.54) is 6.20 Å². The van der Waals surface area contributed by atoms with Crippen LogP contribution in [-0.4, -0.2) is 23.1 Å². The SMILES string of the molecule is O=C1C(NCCc2ccccc2)=C(Cl)C(=O)c2ncccc21. The van der Waals surface area contributed by atoms with E-state index in [-0.39, 0.29) is 22.2 Å². The fourth-order valence-corrected chi connectivity index (χ4v) is 2.60. The Hall–Kier alpha value is -2.46. The molecule has 0 atom stereocenters. The van der Waals surface area contributed by atoms with E-state index in [1.807, 2.05) is 30.3 Å². The standard InChI is InChI=1S/C17H13ClN2O2/c18-13-15(20-10-8-11-5-2-1-3-6-11)16(21)12-7-4-9-19-14(12)17(13)22/h1-7,9,20H,8,10H2. The molecule has 1 aliphatic rings. The Morgan fingerprint density at radius 2 is 1.77 bits per heavy atom. The van der Waals surface area contributed by atoms with Gasteiger partial charge in [-0.1, -0.05) is 41.9 Å². The molecule has 0 spiro atoms. The van der Waals surface area contributed by atoms with Crippen molar-refractivity contribution in [3.63, 3.8) is 0 Å². The monoisotopic (exact) mass is 312 g/mol. The quantitative estimate of drug-likeness (QED) is 0.943. The molecule has 0 radical (unpaired) electrons. The van der Waals surface area contributed by atoms with Gasteiger partial charge in [0.2, 0.25) is 11.6 Å². The Balaban J connectivity index is 1.77. The Morgan fingerprint density at radius 3 is 2.55 bits per heavy atom. The van der Waals surface area contributed by atoms with Crippen molar-refractivity contribution in [2.75, 3.05) is 6.54 Å². The smallest absolute Gasteiger partial charge is 0.225 e. The molecule has 0 unspecified atom stereocenters.